The van der Waals surface area contributed by atoms with E-state index in [0.29, 0.717) is 5.56 Å². The molecule has 1 aromatic carbocycles. The normalized spacial score (nSPS) is 9.88. The Hall–Kier alpha value is -2.28. The van der Waals surface area contributed by atoms with Crippen molar-refractivity contribution in [3.63, 3.8) is 0 Å². The van der Waals surface area contributed by atoms with E-state index in [1.165, 1.54) is 0 Å². The SMILES string of the molecule is Cn1ccnc1CCNc1ccccc1C#N. The van der Waals surface area contributed by atoms with Gasteiger partial charge in [0.15, 0.2) is 0 Å². The second kappa shape index (κ2) is 5.17. The van der Waals surface area contributed by atoms with Gasteiger partial charge in [0.1, 0.15) is 11.9 Å². The molecule has 0 aliphatic heterocycles. The summed E-state index contributed by atoms with van der Waals surface area (Å²) in [4.78, 5) is 4.25. The molecule has 4 nitrogen and oxygen atoms in total. The maximum Gasteiger partial charge on any atom is 0.110 e. The first-order valence-corrected chi connectivity index (χ1v) is 5.50. The molecule has 0 radical (unpaired) electrons. The van der Waals surface area contributed by atoms with Crippen LogP contribution in [0.25, 0.3) is 0 Å². The van der Waals surface area contributed by atoms with Gasteiger partial charge >= 0.3 is 0 Å². The number of rotatable bonds is 4. The fraction of sp³-hybridized carbons (Fsp3) is 0.231. The lowest BCUT2D eigenvalue weighted by Gasteiger charge is -2.07. The van der Waals surface area contributed by atoms with Crippen LogP contribution in [0, 0.1) is 11.3 Å². The van der Waals surface area contributed by atoms with Gasteiger partial charge < -0.3 is 9.88 Å². The van der Waals surface area contributed by atoms with Crippen molar-refractivity contribution in [3.05, 3.63) is 48.0 Å². The largest absolute Gasteiger partial charge is 0.384 e. The second-order valence-corrected chi connectivity index (χ2v) is 3.79. The van der Waals surface area contributed by atoms with Gasteiger partial charge in [-0.3, -0.25) is 0 Å². The highest BCUT2D eigenvalue weighted by atomic mass is 15.0. The molecule has 0 spiro atoms. The van der Waals surface area contributed by atoms with Gasteiger partial charge in [-0.15, -0.1) is 0 Å². The fourth-order valence-electron chi connectivity index (χ4n) is 1.68. The smallest absolute Gasteiger partial charge is 0.110 e. The molecule has 0 fully saturated rings. The molecule has 4 heteroatoms. The molecule has 0 aliphatic rings. The Bertz CT molecular complexity index is 536. The van der Waals surface area contributed by atoms with Crippen LogP contribution < -0.4 is 5.32 Å². The van der Waals surface area contributed by atoms with Gasteiger partial charge in [-0.25, -0.2) is 4.98 Å². The maximum atomic E-state index is 8.94. The highest BCUT2D eigenvalue weighted by Crippen LogP contribution is 2.13. The third-order valence-electron chi connectivity index (χ3n) is 2.63. The lowest BCUT2D eigenvalue weighted by atomic mass is 10.2. The molecule has 17 heavy (non-hydrogen) atoms. The quantitative estimate of drug-likeness (QED) is 0.866. The molecule has 1 heterocycles. The van der Waals surface area contributed by atoms with E-state index < -0.39 is 0 Å². The van der Waals surface area contributed by atoms with Crippen molar-refractivity contribution in [1.82, 2.24) is 9.55 Å². The number of para-hydroxylation sites is 1. The molecule has 0 saturated carbocycles. The molecule has 0 saturated heterocycles. The Labute approximate surface area is 101 Å². The van der Waals surface area contributed by atoms with E-state index in [1.807, 2.05) is 42.1 Å². The highest BCUT2D eigenvalue weighted by molar-refractivity contribution is 5.57. The van der Waals surface area contributed by atoms with E-state index in [2.05, 4.69) is 16.4 Å². The number of nitrogens with zero attached hydrogens (tertiary/aromatic N) is 3. The molecule has 1 aromatic heterocycles. The zero-order valence-corrected chi connectivity index (χ0v) is 9.72. The van der Waals surface area contributed by atoms with Crippen LogP contribution in [0.3, 0.4) is 0 Å². The Kier molecular flexibility index (Phi) is 3.41. The van der Waals surface area contributed by atoms with Crippen LogP contribution in [0.15, 0.2) is 36.7 Å². The van der Waals surface area contributed by atoms with Gasteiger partial charge in [0.25, 0.3) is 0 Å². The predicted octanol–water partition coefficient (Wildman–Crippen LogP) is 1.95. The van der Waals surface area contributed by atoms with Crippen LogP contribution in [0.2, 0.25) is 0 Å². The van der Waals surface area contributed by atoms with Crippen LogP contribution in [0.5, 0.6) is 0 Å². The van der Waals surface area contributed by atoms with E-state index in [9.17, 15) is 0 Å². The molecule has 0 unspecified atom stereocenters. The van der Waals surface area contributed by atoms with Crippen molar-refractivity contribution in [2.45, 2.75) is 6.42 Å². The molecule has 86 valence electrons. The average Bonchev–Trinajstić information content (AvgIpc) is 2.76. The first-order chi connectivity index (χ1) is 8.31. The zero-order valence-electron chi connectivity index (χ0n) is 9.72. The van der Waals surface area contributed by atoms with Crippen molar-refractivity contribution in [2.24, 2.45) is 7.05 Å². The topological polar surface area (TPSA) is 53.6 Å². The molecular formula is C13H14N4. The third kappa shape index (κ3) is 2.64. The number of nitriles is 1. The monoisotopic (exact) mass is 226 g/mol. The summed E-state index contributed by atoms with van der Waals surface area (Å²) < 4.78 is 2.00. The molecule has 0 atom stereocenters. The van der Waals surface area contributed by atoms with Crippen LogP contribution in [-0.4, -0.2) is 16.1 Å². The van der Waals surface area contributed by atoms with Crippen molar-refractivity contribution in [3.8, 4) is 6.07 Å². The summed E-state index contributed by atoms with van der Waals surface area (Å²) in [5.74, 6) is 1.03. The second-order valence-electron chi connectivity index (χ2n) is 3.79. The number of aromatic nitrogens is 2. The van der Waals surface area contributed by atoms with Crippen molar-refractivity contribution < 1.29 is 0 Å². The number of aryl methyl sites for hydroxylation is 1. The Morgan fingerprint density at radius 2 is 2.24 bits per heavy atom. The van der Waals surface area contributed by atoms with E-state index >= 15 is 0 Å². The van der Waals surface area contributed by atoms with Gasteiger partial charge in [0, 0.05) is 32.4 Å². The highest BCUT2D eigenvalue weighted by Gasteiger charge is 2.01. The number of benzene rings is 1. The first kappa shape index (κ1) is 11.2. The molecule has 2 aromatic rings. The average molecular weight is 226 g/mol. The maximum absolute atomic E-state index is 8.94. The van der Waals surface area contributed by atoms with E-state index in [4.69, 9.17) is 5.26 Å². The standard InChI is InChI=1S/C13H14N4/c1-17-9-8-16-13(17)6-7-15-12-5-3-2-4-11(12)10-14/h2-5,8-9,15H,6-7H2,1H3. The van der Waals surface area contributed by atoms with Crippen LogP contribution in [0.4, 0.5) is 5.69 Å². The van der Waals surface area contributed by atoms with Crippen molar-refractivity contribution in [2.75, 3.05) is 11.9 Å². The molecule has 1 N–H and O–H groups in total. The first-order valence-electron chi connectivity index (χ1n) is 5.50. The Morgan fingerprint density at radius 3 is 2.94 bits per heavy atom. The van der Waals surface area contributed by atoms with Gasteiger partial charge in [-0.1, -0.05) is 12.1 Å². The van der Waals surface area contributed by atoms with Crippen LogP contribution in [0.1, 0.15) is 11.4 Å². The zero-order chi connectivity index (χ0) is 12.1. The molecule has 2 rings (SSSR count). The van der Waals surface area contributed by atoms with Crippen LogP contribution >= 0.6 is 0 Å². The van der Waals surface area contributed by atoms with Crippen LogP contribution in [-0.2, 0) is 13.5 Å². The number of nitrogens with one attached hydrogen (secondary N) is 1. The summed E-state index contributed by atoms with van der Waals surface area (Å²) in [5, 5.41) is 12.2. The van der Waals surface area contributed by atoms with Crippen molar-refractivity contribution >= 4 is 5.69 Å². The summed E-state index contributed by atoms with van der Waals surface area (Å²) in [6, 6.07) is 9.67. The lowest BCUT2D eigenvalue weighted by Crippen LogP contribution is -2.09. The molecule has 0 amide bonds. The number of hydrogen-bond acceptors (Lipinski definition) is 3. The summed E-state index contributed by atoms with van der Waals surface area (Å²) in [7, 11) is 1.98. The third-order valence-corrected chi connectivity index (χ3v) is 2.63. The van der Waals surface area contributed by atoms with E-state index in [0.717, 1.165) is 24.5 Å². The Balaban J connectivity index is 1.95. The van der Waals surface area contributed by atoms with E-state index in [1.54, 1.807) is 6.20 Å². The molecular weight excluding hydrogens is 212 g/mol. The number of imidazole rings is 1. The fourth-order valence-corrected chi connectivity index (χ4v) is 1.68. The van der Waals surface area contributed by atoms with Gasteiger partial charge in [0.05, 0.1) is 11.3 Å². The van der Waals surface area contributed by atoms with Gasteiger partial charge in [-0.05, 0) is 12.1 Å². The molecule has 0 aliphatic carbocycles. The summed E-state index contributed by atoms with van der Waals surface area (Å²) in [6.45, 7) is 0.767. The van der Waals surface area contributed by atoms with Gasteiger partial charge in [-0.2, -0.15) is 5.26 Å². The minimum atomic E-state index is 0.673. The summed E-state index contributed by atoms with van der Waals surface area (Å²) in [5.41, 5.74) is 1.55. The minimum absolute atomic E-state index is 0.673. The van der Waals surface area contributed by atoms with E-state index in [-0.39, 0.29) is 0 Å². The number of anilines is 1. The summed E-state index contributed by atoms with van der Waals surface area (Å²) >= 11 is 0. The molecule has 0 bridgehead atoms. The lowest BCUT2D eigenvalue weighted by molar-refractivity contribution is 0.789. The number of hydrogen-bond donors (Lipinski definition) is 1. The van der Waals surface area contributed by atoms with Crippen molar-refractivity contribution in [1.29, 1.82) is 5.26 Å². The summed E-state index contributed by atoms with van der Waals surface area (Å²) in [6.07, 6.45) is 4.56. The van der Waals surface area contributed by atoms with Gasteiger partial charge in [0.2, 0.25) is 0 Å². The minimum Gasteiger partial charge on any atom is -0.384 e. The Morgan fingerprint density at radius 1 is 1.41 bits per heavy atom. The predicted molar refractivity (Wildman–Crippen MR) is 66.6 cm³/mol.